The summed E-state index contributed by atoms with van der Waals surface area (Å²) in [5.74, 6) is 1.33. The summed E-state index contributed by atoms with van der Waals surface area (Å²) in [6.07, 6.45) is 4.85. The number of pyridine rings is 1. The van der Waals surface area contributed by atoms with Gasteiger partial charge in [0.25, 0.3) is 0 Å². The number of aryl methyl sites for hydroxylation is 1. The van der Waals surface area contributed by atoms with E-state index in [0.29, 0.717) is 30.6 Å². The number of aromatic nitrogens is 3. The monoisotopic (exact) mass is 331 g/mol. The van der Waals surface area contributed by atoms with Gasteiger partial charge in [0.2, 0.25) is 17.6 Å². The molecule has 0 saturated carbocycles. The van der Waals surface area contributed by atoms with Crippen LogP contribution in [0.15, 0.2) is 29.0 Å². The number of carbonyl (C=O) groups is 1. The van der Waals surface area contributed by atoms with Crippen LogP contribution in [0.25, 0.3) is 11.4 Å². The normalized spacial score (nSPS) is 13.7. The van der Waals surface area contributed by atoms with Crippen molar-refractivity contribution >= 4 is 5.91 Å². The number of rotatable bonds is 8. The number of nitrogens with one attached hydrogen (secondary N) is 1. The first kappa shape index (κ1) is 18.1. The summed E-state index contributed by atoms with van der Waals surface area (Å²) in [7, 11) is 0. The Morgan fingerprint density at radius 3 is 2.71 bits per heavy atom. The van der Waals surface area contributed by atoms with Gasteiger partial charge in [-0.15, -0.1) is 0 Å². The van der Waals surface area contributed by atoms with Gasteiger partial charge >= 0.3 is 0 Å². The Morgan fingerprint density at radius 2 is 2.08 bits per heavy atom. The van der Waals surface area contributed by atoms with Gasteiger partial charge < -0.3 is 15.6 Å². The Morgan fingerprint density at radius 1 is 1.38 bits per heavy atom. The molecule has 130 valence electrons. The van der Waals surface area contributed by atoms with Gasteiger partial charge in [-0.25, -0.2) is 0 Å². The van der Waals surface area contributed by atoms with E-state index in [9.17, 15) is 4.79 Å². The maximum atomic E-state index is 12.2. The molecule has 0 radical (unpaired) electrons. The molecule has 2 rings (SSSR count). The van der Waals surface area contributed by atoms with Crippen LogP contribution in [0.2, 0.25) is 0 Å². The van der Waals surface area contributed by atoms with Crippen molar-refractivity contribution in [2.24, 2.45) is 11.7 Å². The highest BCUT2D eigenvalue weighted by atomic mass is 16.5. The van der Waals surface area contributed by atoms with Gasteiger partial charge in [0, 0.05) is 42.9 Å². The number of carbonyl (C=O) groups excluding carboxylic acids is 1. The lowest BCUT2D eigenvalue weighted by molar-refractivity contribution is -0.123. The fourth-order valence-electron chi connectivity index (χ4n) is 2.68. The molecule has 0 aliphatic carbocycles. The third-order valence-electron chi connectivity index (χ3n) is 3.72. The molecule has 0 bridgehead atoms. The van der Waals surface area contributed by atoms with E-state index in [-0.39, 0.29) is 17.9 Å². The van der Waals surface area contributed by atoms with E-state index in [1.165, 1.54) is 0 Å². The van der Waals surface area contributed by atoms with Crippen LogP contribution < -0.4 is 11.1 Å². The van der Waals surface area contributed by atoms with E-state index in [2.05, 4.69) is 34.3 Å². The third kappa shape index (κ3) is 5.13. The highest BCUT2D eigenvalue weighted by Crippen LogP contribution is 2.17. The quantitative estimate of drug-likeness (QED) is 0.765. The molecule has 0 aliphatic heterocycles. The van der Waals surface area contributed by atoms with Crippen molar-refractivity contribution in [3.63, 3.8) is 0 Å². The van der Waals surface area contributed by atoms with E-state index < -0.39 is 0 Å². The zero-order valence-electron chi connectivity index (χ0n) is 14.5. The van der Waals surface area contributed by atoms with Gasteiger partial charge in [0.15, 0.2) is 0 Å². The summed E-state index contributed by atoms with van der Waals surface area (Å²) in [6.45, 7) is 6.60. The number of hydrogen-bond acceptors (Lipinski definition) is 6. The van der Waals surface area contributed by atoms with E-state index in [1.54, 1.807) is 24.5 Å². The minimum atomic E-state index is -0.387. The first-order valence-electron chi connectivity index (χ1n) is 8.16. The fraction of sp³-hybridized carbons (Fsp3) is 0.529. The lowest BCUT2D eigenvalue weighted by Gasteiger charge is -2.31. The van der Waals surface area contributed by atoms with Crippen LogP contribution >= 0.6 is 0 Å². The molecule has 7 nitrogen and oxygen atoms in total. The van der Waals surface area contributed by atoms with Crippen LogP contribution in [0, 0.1) is 5.92 Å². The Kier molecular flexibility index (Phi) is 6.03. The van der Waals surface area contributed by atoms with Gasteiger partial charge in [0.1, 0.15) is 0 Å². The maximum Gasteiger partial charge on any atom is 0.227 e. The molecule has 1 amide bonds. The van der Waals surface area contributed by atoms with Crippen LogP contribution in [0.5, 0.6) is 0 Å². The van der Waals surface area contributed by atoms with Crippen molar-refractivity contribution in [1.82, 2.24) is 20.4 Å². The Balaban J connectivity index is 1.89. The lowest BCUT2D eigenvalue weighted by atomic mass is 9.90. The topological polar surface area (TPSA) is 107 Å². The smallest absolute Gasteiger partial charge is 0.227 e. The van der Waals surface area contributed by atoms with Crippen LogP contribution in [0.4, 0.5) is 0 Å². The van der Waals surface area contributed by atoms with Crippen molar-refractivity contribution in [1.29, 1.82) is 0 Å². The minimum Gasteiger partial charge on any atom is -0.350 e. The zero-order valence-corrected chi connectivity index (χ0v) is 14.5. The van der Waals surface area contributed by atoms with Crippen LogP contribution in [0.3, 0.4) is 0 Å². The molecule has 2 aromatic heterocycles. The summed E-state index contributed by atoms with van der Waals surface area (Å²) in [4.78, 5) is 20.4. The minimum absolute atomic E-state index is 0.0627. The summed E-state index contributed by atoms with van der Waals surface area (Å²) < 4.78 is 5.20. The summed E-state index contributed by atoms with van der Waals surface area (Å²) in [5, 5.41) is 6.95. The molecule has 1 unspecified atom stereocenters. The van der Waals surface area contributed by atoms with E-state index >= 15 is 0 Å². The molecule has 0 aliphatic rings. The van der Waals surface area contributed by atoms with Gasteiger partial charge in [-0.1, -0.05) is 19.0 Å². The molecular formula is C17H25N5O2. The van der Waals surface area contributed by atoms with E-state index in [0.717, 1.165) is 12.0 Å². The van der Waals surface area contributed by atoms with E-state index in [1.807, 2.05) is 6.92 Å². The molecule has 1 atom stereocenters. The maximum absolute atomic E-state index is 12.2. The molecule has 2 aromatic rings. The zero-order chi connectivity index (χ0) is 17.6. The number of hydrogen-bond donors (Lipinski definition) is 2. The van der Waals surface area contributed by atoms with Gasteiger partial charge in [-0.2, -0.15) is 4.98 Å². The molecular weight excluding hydrogens is 306 g/mol. The Hall–Kier alpha value is -2.28. The molecule has 2 heterocycles. The number of nitrogens with two attached hydrogens (primary N) is 1. The molecule has 0 aromatic carbocycles. The SMILES string of the molecule is CC(C)CC(C)(CN)NC(=O)CCc1nc(-c2ccncc2)no1. The van der Waals surface area contributed by atoms with Crippen molar-refractivity contribution in [2.45, 2.75) is 45.6 Å². The summed E-state index contributed by atoms with van der Waals surface area (Å²) >= 11 is 0. The average Bonchev–Trinajstić information content (AvgIpc) is 3.02. The molecule has 3 N–H and O–H groups in total. The first-order chi connectivity index (χ1) is 11.4. The molecule has 7 heteroatoms. The van der Waals surface area contributed by atoms with Crippen molar-refractivity contribution in [2.75, 3.05) is 6.54 Å². The van der Waals surface area contributed by atoms with Crippen molar-refractivity contribution < 1.29 is 9.32 Å². The largest absolute Gasteiger partial charge is 0.350 e. The predicted molar refractivity (Wildman–Crippen MR) is 90.9 cm³/mol. The van der Waals surface area contributed by atoms with Crippen molar-refractivity contribution in [3.05, 3.63) is 30.4 Å². The second kappa shape index (κ2) is 8.01. The molecule has 0 fully saturated rings. The molecule has 24 heavy (non-hydrogen) atoms. The second-order valence-corrected chi connectivity index (χ2v) is 6.66. The van der Waals surface area contributed by atoms with Crippen LogP contribution in [-0.4, -0.2) is 33.1 Å². The Bertz CT molecular complexity index is 656. The standard InChI is InChI=1S/C17H25N5O2/c1-12(2)10-17(3,11-18)21-14(23)4-5-15-20-16(22-24-15)13-6-8-19-9-7-13/h6-9,12H,4-5,10-11,18H2,1-3H3,(H,21,23). The Labute approximate surface area is 142 Å². The fourth-order valence-corrected chi connectivity index (χ4v) is 2.68. The van der Waals surface area contributed by atoms with Gasteiger partial charge in [0.05, 0.1) is 0 Å². The highest BCUT2D eigenvalue weighted by Gasteiger charge is 2.25. The van der Waals surface area contributed by atoms with Gasteiger partial charge in [-0.3, -0.25) is 9.78 Å². The van der Waals surface area contributed by atoms with Crippen LogP contribution in [0.1, 0.15) is 39.5 Å². The highest BCUT2D eigenvalue weighted by molar-refractivity contribution is 5.77. The molecule has 0 saturated heterocycles. The summed E-state index contributed by atoms with van der Waals surface area (Å²) in [6, 6.07) is 3.61. The number of nitrogens with zero attached hydrogens (tertiary/aromatic N) is 3. The summed E-state index contributed by atoms with van der Waals surface area (Å²) in [5.41, 5.74) is 6.26. The first-order valence-corrected chi connectivity index (χ1v) is 8.16. The van der Waals surface area contributed by atoms with Crippen molar-refractivity contribution in [3.8, 4) is 11.4 Å². The molecule has 0 spiro atoms. The number of amides is 1. The predicted octanol–water partition coefficient (Wildman–Crippen LogP) is 1.94. The van der Waals surface area contributed by atoms with Crippen LogP contribution in [-0.2, 0) is 11.2 Å². The van der Waals surface area contributed by atoms with Gasteiger partial charge in [-0.05, 0) is 31.4 Å². The van der Waals surface area contributed by atoms with E-state index in [4.69, 9.17) is 10.3 Å². The lowest BCUT2D eigenvalue weighted by Crippen LogP contribution is -2.52. The second-order valence-electron chi connectivity index (χ2n) is 6.66. The average molecular weight is 331 g/mol. The third-order valence-corrected chi connectivity index (χ3v) is 3.72.